The van der Waals surface area contributed by atoms with Crippen molar-refractivity contribution in [2.45, 2.75) is 103 Å². The van der Waals surface area contributed by atoms with E-state index in [1.54, 1.807) is 12.1 Å². The van der Waals surface area contributed by atoms with Crippen LogP contribution in [-0.2, 0) is 31.8 Å². The van der Waals surface area contributed by atoms with E-state index in [-0.39, 0.29) is 42.5 Å². The quantitative estimate of drug-likeness (QED) is 0.337. The minimum atomic E-state index is -0.382. The Hall–Kier alpha value is -2.90. The molecule has 0 saturated carbocycles. The summed E-state index contributed by atoms with van der Waals surface area (Å²) >= 11 is 0. The van der Waals surface area contributed by atoms with Crippen LogP contribution in [0.4, 0.5) is 0 Å². The number of hydrogen-bond donors (Lipinski definition) is 0. The molecule has 2 aromatic carbocycles. The molecule has 204 valence electrons. The molecule has 1 unspecified atom stereocenters. The molecule has 7 nitrogen and oxygen atoms in total. The molecular formula is C31H38O7. The number of ether oxygens (including phenoxy) is 5. The molecule has 38 heavy (non-hydrogen) atoms. The maximum absolute atomic E-state index is 13.0. The highest BCUT2D eigenvalue weighted by Gasteiger charge is 2.37. The first kappa shape index (κ1) is 26.7. The van der Waals surface area contributed by atoms with E-state index in [2.05, 4.69) is 13.8 Å². The lowest BCUT2D eigenvalue weighted by Crippen LogP contribution is -2.38. The van der Waals surface area contributed by atoms with Gasteiger partial charge in [0.2, 0.25) is 0 Å². The van der Waals surface area contributed by atoms with Gasteiger partial charge in [0.15, 0.2) is 6.29 Å². The monoisotopic (exact) mass is 522 g/mol. The van der Waals surface area contributed by atoms with Gasteiger partial charge in [-0.05, 0) is 83.1 Å². The van der Waals surface area contributed by atoms with Gasteiger partial charge in [0.05, 0.1) is 18.1 Å². The van der Waals surface area contributed by atoms with E-state index in [4.69, 9.17) is 23.7 Å². The van der Waals surface area contributed by atoms with Crippen molar-refractivity contribution < 1.29 is 33.3 Å². The van der Waals surface area contributed by atoms with E-state index in [1.807, 2.05) is 32.0 Å². The fraction of sp³-hybridized carbons (Fsp3) is 0.548. The molecule has 5 rings (SSSR count). The standard InChI is InChI=1S/C31H38O7/c1-19-24(14-13-22-16-23(17-26(32)35-22)36-27-12-8-9-15-34-27)29-25(18-31(3,4)38-29)20(2)28(19)37-30(33)21-10-6-5-7-11-21/h5-7,10-11,22-23,27H,8-9,12-18H2,1-4H3/t22-,23-,27?/m0/s1. The number of carbonyl (C=O) groups is 2. The first-order valence-corrected chi connectivity index (χ1v) is 13.8. The van der Waals surface area contributed by atoms with Crippen molar-refractivity contribution in [1.29, 1.82) is 0 Å². The highest BCUT2D eigenvalue weighted by atomic mass is 16.7. The molecule has 3 aliphatic rings. The highest BCUT2D eigenvalue weighted by molar-refractivity contribution is 5.91. The van der Waals surface area contributed by atoms with Crippen LogP contribution in [0.15, 0.2) is 30.3 Å². The van der Waals surface area contributed by atoms with Crippen LogP contribution in [0.3, 0.4) is 0 Å². The van der Waals surface area contributed by atoms with Crippen LogP contribution in [0.5, 0.6) is 11.5 Å². The average Bonchev–Trinajstić information content (AvgIpc) is 3.22. The number of fused-ring (bicyclic) bond motifs is 1. The van der Waals surface area contributed by atoms with Gasteiger partial charge in [0, 0.05) is 30.6 Å². The number of rotatable bonds is 7. The van der Waals surface area contributed by atoms with Gasteiger partial charge in [0.1, 0.15) is 23.2 Å². The molecule has 3 aliphatic heterocycles. The molecule has 0 aromatic heterocycles. The Kier molecular flexibility index (Phi) is 7.78. The highest BCUT2D eigenvalue weighted by Crippen LogP contribution is 2.46. The molecule has 0 spiro atoms. The summed E-state index contributed by atoms with van der Waals surface area (Å²) < 4.78 is 30.0. The fourth-order valence-corrected chi connectivity index (χ4v) is 5.80. The maximum Gasteiger partial charge on any atom is 0.343 e. The Morgan fingerprint density at radius 1 is 1.11 bits per heavy atom. The topological polar surface area (TPSA) is 80.3 Å². The number of hydrogen-bond acceptors (Lipinski definition) is 7. The molecule has 7 heteroatoms. The second kappa shape index (κ2) is 11.1. The third-order valence-electron chi connectivity index (χ3n) is 7.74. The lowest BCUT2D eigenvalue weighted by atomic mass is 9.90. The number of cyclic esters (lactones) is 1. The van der Waals surface area contributed by atoms with E-state index in [0.717, 1.165) is 53.7 Å². The molecule has 2 saturated heterocycles. The largest absolute Gasteiger partial charge is 0.487 e. The van der Waals surface area contributed by atoms with Gasteiger partial charge < -0.3 is 23.7 Å². The molecule has 3 heterocycles. The number of carbonyl (C=O) groups excluding carboxylic acids is 2. The lowest BCUT2D eigenvalue weighted by molar-refractivity contribution is -0.209. The van der Waals surface area contributed by atoms with Crippen LogP contribution in [0.25, 0.3) is 0 Å². The summed E-state index contributed by atoms with van der Waals surface area (Å²) in [4.78, 5) is 25.4. The first-order chi connectivity index (χ1) is 18.2. The van der Waals surface area contributed by atoms with Crippen molar-refractivity contribution in [1.82, 2.24) is 0 Å². The van der Waals surface area contributed by atoms with Gasteiger partial charge in [-0.3, -0.25) is 4.79 Å². The van der Waals surface area contributed by atoms with E-state index in [9.17, 15) is 9.59 Å². The molecule has 3 atom stereocenters. The van der Waals surface area contributed by atoms with Gasteiger partial charge in [-0.25, -0.2) is 4.79 Å². The first-order valence-electron chi connectivity index (χ1n) is 13.8. The van der Waals surface area contributed by atoms with Crippen LogP contribution >= 0.6 is 0 Å². The Labute approximate surface area is 224 Å². The van der Waals surface area contributed by atoms with Gasteiger partial charge in [-0.2, -0.15) is 0 Å². The summed E-state index contributed by atoms with van der Waals surface area (Å²) in [5.41, 5.74) is 4.04. The summed E-state index contributed by atoms with van der Waals surface area (Å²) in [6.45, 7) is 8.81. The minimum Gasteiger partial charge on any atom is -0.487 e. The van der Waals surface area contributed by atoms with Gasteiger partial charge in [0.25, 0.3) is 0 Å². The third-order valence-corrected chi connectivity index (χ3v) is 7.74. The van der Waals surface area contributed by atoms with Gasteiger partial charge >= 0.3 is 11.9 Å². The molecule has 0 amide bonds. The lowest BCUT2D eigenvalue weighted by Gasteiger charge is -2.33. The molecule has 0 radical (unpaired) electrons. The van der Waals surface area contributed by atoms with E-state index >= 15 is 0 Å². The predicted molar refractivity (Wildman–Crippen MR) is 142 cm³/mol. The normalized spacial score (nSPS) is 24.3. The summed E-state index contributed by atoms with van der Waals surface area (Å²) in [6.07, 6.45) is 5.18. The predicted octanol–water partition coefficient (Wildman–Crippen LogP) is 5.79. The van der Waals surface area contributed by atoms with Crippen molar-refractivity contribution in [2.75, 3.05) is 6.61 Å². The second-order valence-corrected chi connectivity index (χ2v) is 11.3. The summed E-state index contributed by atoms with van der Waals surface area (Å²) in [6, 6.07) is 9.02. The Balaban J connectivity index is 1.35. The Morgan fingerprint density at radius 3 is 2.63 bits per heavy atom. The smallest absolute Gasteiger partial charge is 0.343 e. The van der Waals surface area contributed by atoms with E-state index in [0.29, 0.717) is 37.2 Å². The Morgan fingerprint density at radius 2 is 1.89 bits per heavy atom. The fourth-order valence-electron chi connectivity index (χ4n) is 5.80. The number of benzene rings is 2. The molecule has 0 bridgehead atoms. The van der Waals surface area contributed by atoms with Gasteiger partial charge in [-0.1, -0.05) is 18.2 Å². The van der Waals surface area contributed by atoms with Crippen LogP contribution in [0.1, 0.15) is 85.0 Å². The van der Waals surface area contributed by atoms with Crippen molar-refractivity contribution in [3.63, 3.8) is 0 Å². The van der Waals surface area contributed by atoms with Gasteiger partial charge in [-0.15, -0.1) is 0 Å². The zero-order valence-electron chi connectivity index (χ0n) is 22.8. The molecule has 0 aliphatic carbocycles. The number of esters is 2. The summed E-state index contributed by atoms with van der Waals surface area (Å²) in [7, 11) is 0. The van der Waals surface area contributed by atoms with E-state index in [1.165, 1.54) is 0 Å². The van der Waals surface area contributed by atoms with Crippen molar-refractivity contribution in [2.24, 2.45) is 0 Å². The molecular weight excluding hydrogens is 484 g/mol. The molecule has 2 aromatic rings. The minimum absolute atomic E-state index is 0.202. The molecule has 2 fully saturated rings. The maximum atomic E-state index is 13.0. The zero-order valence-corrected chi connectivity index (χ0v) is 22.8. The van der Waals surface area contributed by atoms with E-state index < -0.39 is 0 Å². The second-order valence-electron chi connectivity index (χ2n) is 11.3. The third kappa shape index (κ3) is 5.89. The summed E-state index contributed by atoms with van der Waals surface area (Å²) in [5, 5.41) is 0. The average molecular weight is 523 g/mol. The van der Waals surface area contributed by atoms with Crippen LogP contribution in [0, 0.1) is 13.8 Å². The van der Waals surface area contributed by atoms with Crippen LogP contribution < -0.4 is 9.47 Å². The molecule has 0 N–H and O–H groups in total. The van der Waals surface area contributed by atoms with Crippen LogP contribution in [-0.4, -0.2) is 42.6 Å². The van der Waals surface area contributed by atoms with Crippen molar-refractivity contribution >= 4 is 11.9 Å². The Bertz CT molecular complexity index is 1180. The van der Waals surface area contributed by atoms with Crippen LogP contribution in [0.2, 0.25) is 0 Å². The summed E-state index contributed by atoms with van der Waals surface area (Å²) in [5.74, 6) is 0.843. The van der Waals surface area contributed by atoms with Crippen molar-refractivity contribution in [3.05, 3.63) is 58.1 Å². The zero-order chi connectivity index (χ0) is 26.9. The SMILES string of the molecule is Cc1c(CC[C@H]2C[C@H](OC3CCCCO3)CC(=O)O2)c2c(c(C)c1OC(=O)c1ccccc1)CC(C)(C)O2. The van der Waals surface area contributed by atoms with Crippen molar-refractivity contribution in [3.8, 4) is 11.5 Å².